The lowest BCUT2D eigenvalue weighted by atomic mass is 10.0. The number of hydrogen-bond donors (Lipinski definition) is 2. The first-order chi connectivity index (χ1) is 10.1. The van der Waals surface area contributed by atoms with Crippen LogP contribution in [0.3, 0.4) is 0 Å². The topological polar surface area (TPSA) is 44.4 Å². The zero-order chi connectivity index (χ0) is 15.2. The highest BCUT2D eigenvalue weighted by Gasteiger charge is 2.19. The molecule has 1 aliphatic heterocycles. The van der Waals surface area contributed by atoms with Crippen molar-refractivity contribution in [1.82, 2.24) is 10.2 Å². The second-order valence-electron chi connectivity index (χ2n) is 6.24. The number of nitrogens with one attached hydrogen (secondary N) is 2. The van der Waals surface area contributed by atoms with Crippen molar-refractivity contribution >= 4 is 11.6 Å². The van der Waals surface area contributed by atoms with E-state index in [2.05, 4.69) is 41.5 Å². The lowest BCUT2D eigenvalue weighted by molar-refractivity contribution is -0.117. The molecule has 4 nitrogen and oxygen atoms in total. The van der Waals surface area contributed by atoms with Gasteiger partial charge in [-0.05, 0) is 50.0 Å². The van der Waals surface area contributed by atoms with Crippen LogP contribution in [0.2, 0.25) is 0 Å². The van der Waals surface area contributed by atoms with Crippen molar-refractivity contribution in [3.05, 3.63) is 29.8 Å². The standard InChI is InChI=1S/C17H27N3O/c1-13(2)14-6-8-15(9-7-14)19-17(21)12-20(3)16-5-4-10-18-11-16/h6-9,13,16,18H,4-5,10-12H2,1-3H3,(H,19,21). The van der Waals surface area contributed by atoms with E-state index < -0.39 is 0 Å². The van der Waals surface area contributed by atoms with Gasteiger partial charge in [0.1, 0.15) is 0 Å². The summed E-state index contributed by atoms with van der Waals surface area (Å²) in [5.74, 6) is 0.569. The number of piperidine rings is 1. The first-order valence-corrected chi connectivity index (χ1v) is 7.87. The van der Waals surface area contributed by atoms with E-state index >= 15 is 0 Å². The summed E-state index contributed by atoms with van der Waals surface area (Å²) >= 11 is 0. The molecule has 2 rings (SSSR count). The van der Waals surface area contributed by atoms with Crippen LogP contribution in [0.4, 0.5) is 5.69 Å². The average Bonchev–Trinajstić information content (AvgIpc) is 2.48. The molecule has 21 heavy (non-hydrogen) atoms. The van der Waals surface area contributed by atoms with Gasteiger partial charge in [-0.15, -0.1) is 0 Å². The minimum Gasteiger partial charge on any atom is -0.325 e. The zero-order valence-electron chi connectivity index (χ0n) is 13.4. The van der Waals surface area contributed by atoms with Crippen LogP contribution in [0.25, 0.3) is 0 Å². The number of benzene rings is 1. The summed E-state index contributed by atoms with van der Waals surface area (Å²) in [7, 11) is 2.03. The van der Waals surface area contributed by atoms with Gasteiger partial charge in [-0.3, -0.25) is 9.69 Å². The molecule has 0 bridgehead atoms. The lowest BCUT2D eigenvalue weighted by Crippen LogP contribution is -2.46. The van der Waals surface area contributed by atoms with E-state index in [0.29, 0.717) is 18.5 Å². The summed E-state index contributed by atoms with van der Waals surface area (Å²) in [6.45, 7) is 6.85. The van der Waals surface area contributed by atoms with E-state index in [1.165, 1.54) is 18.4 Å². The lowest BCUT2D eigenvalue weighted by Gasteiger charge is -2.31. The van der Waals surface area contributed by atoms with Gasteiger partial charge < -0.3 is 10.6 Å². The van der Waals surface area contributed by atoms with Crippen molar-refractivity contribution in [3.8, 4) is 0 Å². The Morgan fingerprint density at radius 2 is 2.10 bits per heavy atom. The first kappa shape index (κ1) is 16.0. The van der Waals surface area contributed by atoms with E-state index in [1.807, 2.05) is 19.2 Å². The Morgan fingerprint density at radius 3 is 2.67 bits per heavy atom. The molecule has 0 saturated carbocycles. The molecule has 1 aliphatic rings. The van der Waals surface area contributed by atoms with Crippen molar-refractivity contribution in [2.75, 3.05) is 32.0 Å². The van der Waals surface area contributed by atoms with Gasteiger partial charge in [0.05, 0.1) is 6.54 Å². The van der Waals surface area contributed by atoms with Crippen LogP contribution in [0.1, 0.15) is 38.2 Å². The second kappa shape index (κ2) is 7.57. The third-order valence-corrected chi connectivity index (χ3v) is 4.15. The Kier molecular flexibility index (Phi) is 5.76. The van der Waals surface area contributed by atoms with E-state index in [1.54, 1.807) is 0 Å². The molecule has 1 amide bonds. The number of rotatable bonds is 5. The molecule has 1 fully saturated rings. The maximum Gasteiger partial charge on any atom is 0.238 e. The van der Waals surface area contributed by atoms with Crippen LogP contribution in [-0.2, 0) is 4.79 Å². The normalized spacial score (nSPS) is 19.0. The van der Waals surface area contributed by atoms with E-state index in [4.69, 9.17) is 0 Å². The molecule has 0 spiro atoms. The van der Waals surface area contributed by atoms with Gasteiger partial charge in [0.15, 0.2) is 0 Å². The number of amides is 1. The number of anilines is 1. The number of nitrogens with zero attached hydrogens (tertiary/aromatic N) is 1. The van der Waals surface area contributed by atoms with Gasteiger partial charge in [0, 0.05) is 18.3 Å². The van der Waals surface area contributed by atoms with Crippen LogP contribution in [0.5, 0.6) is 0 Å². The predicted molar refractivity (Wildman–Crippen MR) is 87.7 cm³/mol. The summed E-state index contributed by atoms with van der Waals surface area (Å²) in [4.78, 5) is 14.3. The molecule has 4 heteroatoms. The fourth-order valence-corrected chi connectivity index (χ4v) is 2.72. The Labute approximate surface area is 127 Å². The van der Waals surface area contributed by atoms with Gasteiger partial charge in [-0.25, -0.2) is 0 Å². The van der Waals surface area contributed by atoms with Crippen LogP contribution < -0.4 is 10.6 Å². The molecular weight excluding hydrogens is 262 g/mol. The molecule has 0 radical (unpaired) electrons. The van der Waals surface area contributed by atoms with E-state index in [0.717, 1.165) is 18.8 Å². The fraction of sp³-hybridized carbons (Fsp3) is 0.588. The second-order valence-corrected chi connectivity index (χ2v) is 6.24. The van der Waals surface area contributed by atoms with Crippen LogP contribution in [-0.4, -0.2) is 43.5 Å². The molecule has 1 heterocycles. The van der Waals surface area contributed by atoms with Gasteiger partial charge >= 0.3 is 0 Å². The maximum atomic E-state index is 12.1. The Morgan fingerprint density at radius 1 is 1.38 bits per heavy atom. The quantitative estimate of drug-likeness (QED) is 0.875. The molecule has 1 aromatic rings. The highest BCUT2D eigenvalue weighted by Crippen LogP contribution is 2.17. The van der Waals surface area contributed by atoms with Crippen molar-refractivity contribution < 1.29 is 4.79 Å². The van der Waals surface area contributed by atoms with Crippen molar-refractivity contribution in [3.63, 3.8) is 0 Å². The maximum absolute atomic E-state index is 12.1. The molecule has 1 atom stereocenters. The third-order valence-electron chi connectivity index (χ3n) is 4.15. The smallest absolute Gasteiger partial charge is 0.238 e. The molecule has 1 saturated heterocycles. The summed E-state index contributed by atoms with van der Waals surface area (Å²) < 4.78 is 0. The van der Waals surface area contributed by atoms with Crippen molar-refractivity contribution in [2.45, 2.75) is 38.6 Å². The molecule has 2 N–H and O–H groups in total. The SMILES string of the molecule is CC(C)c1ccc(NC(=O)CN(C)C2CCCNC2)cc1. The number of hydrogen-bond acceptors (Lipinski definition) is 3. The Bertz CT molecular complexity index is 450. The summed E-state index contributed by atoms with van der Waals surface area (Å²) in [6.07, 6.45) is 2.35. The Hall–Kier alpha value is -1.39. The fourth-order valence-electron chi connectivity index (χ4n) is 2.72. The highest BCUT2D eigenvalue weighted by molar-refractivity contribution is 5.92. The van der Waals surface area contributed by atoms with Gasteiger partial charge in [0.25, 0.3) is 0 Å². The van der Waals surface area contributed by atoms with E-state index in [9.17, 15) is 4.79 Å². The number of carbonyl (C=O) groups is 1. The molecule has 1 aromatic carbocycles. The largest absolute Gasteiger partial charge is 0.325 e. The summed E-state index contributed by atoms with van der Waals surface area (Å²) in [5.41, 5.74) is 2.16. The van der Waals surface area contributed by atoms with Crippen molar-refractivity contribution in [1.29, 1.82) is 0 Å². The van der Waals surface area contributed by atoms with Crippen molar-refractivity contribution in [2.24, 2.45) is 0 Å². The monoisotopic (exact) mass is 289 g/mol. The average molecular weight is 289 g/mol. The summed E-state index contributed by atoms with van der Waals surface area (Å²) in [5, 5.41) is 6.36. The van der Waals surface area contributed by atoms with Gasteiger partial charge in [-0.2, -0.15) is 0 Å². The number of likely N-dealkylation sites (N-methyl/N-ethyl adjacent to an activating group) is 1. The molecule has 0 aromatic heterocycles. The van der Waals surface area contributed by atoms with E-state index in [-0.39, 0.29) is 5.91 Å². The van der Waals surface area contributed by atoms with Crippen LogP contribution in [0, 0.1) is 0 Å². The molecule has 0 aliphatic carbocycles. The highest BCUT2D eigenvalue weighted by atomic mass is 16.2. The van der Waals surface area contributed by atoms with Gasteiger partial charge in [-0.1, -0.05) is 26.0 Å². The minimum absolute atomic E-state index is 0.0559. The predicted octanol–water partition coefficient (Wildman–Crippen LogP) is 2.43. The number of carbonyl (C=O) groups excluding carboxylic acids is 1. The third kappa shape index (κ3) is 4.83. The van der Waals surface area contributed by atoms with Crippen LogP contribution >= 0.6 is 0 Å². The molecular formula is C17H27N3O. The van der Waals surface area contributed by atoms with Crippen LogP contribution in [0.15, 0.2) is 24.3 Å². The molecule has 116 valence electrons. The molecule has 1 unspecified atom stereocenters. The Balaban J connectivity index is 1.83. The van der Waals surface area contributed by atoms with Gasteiger partial charge in [0.2, 0.25) is 5.91 Å². The summed E-state index contributed by atoms with van der Waals surface area (Å²) in [6, 6.07) is 8.59. The minimum atomic E-state index is 0.0559. The first-order valence-electron chi connectivity index (χ1n) is 7.87. The zero-order valence-corrected chi connectivity index (χ0v) is 13.4.